The van der Waals surface area contributed by atoms with E-state index in [1.54, 1.807) is 13.0 Å². The number of ether oxygens (including phenoxy) is 1. The molecule has 0 atom stereocenters. The van der Waals surface area contributed by atoms with E-state index in [0.29, 0.717) is 16.6 Å². The molecule has 1 aromatic rings. The molecule has 2 N–H and O–H groups in total. The smallest absolute Gasteiger partial charge is 0.338 e. The molecule has 20 heavy (non-hydrogen) atoms. The molecule has 1 aromatic carbocycles. The summed E-state index contributed by atoms with van der Waals surface area (Å²) in [6.45, 7) is 4.07. The Morgan fingerprint density at radius 2 is 2.00 bits per heavy atom. The van der Waals surface area contributed by atoms with Crippen LogP contribution in [0.3, 0.4) is 0 Å². The minimum absolute atomic E-state index is 0.113. The molecule has 0 aliphatic rings. The number of nitrogens with two attached hydrogens (primary N) is 1. The van der Waals surface area contributed by atoms with Crippen LogP contribution in [-0.2, 0) is 14.8 Å². The summed E-state index contributed by atoms with van der Waals surface area (Å²) in [5, 5.41) is 5.13. The molecule has 0 spiro atoms. The number of primary sulfonamides is 1. The first-order valence-corrected chi connectivity index (χ1v) is 8.61. The molecule has 7 heteroatoms. The first-order valence-electron chi connectivity index (χ1n) is 6.27. The third-order valence-electron chi connectivity index (χ3n) is 2.74. The minimum atomic E-state index is -3.90. The van der Waals surface area contributed by atoms with Gasteiger partial charge in [-0.05, 0) is 47.0 Å². The van der Waals surface area contributed by atoms with E-state index in [1.807, 2.05) is 0 Å². The Morgan fingerprint density at radius 3 is 2.55 bits per heavy atom. The Balaban J connectivity index is 2.97. The highest BCUT2D eigenvalue weighted by molar-refractivity contribution is 9.10. The molecule has 0 radical (unpaired) electrons. The molecule has 0 amide bonds. The van der Waals surface area contributed by atoms with Crippen LogP contribution in [0.5, 0.6) is 0 Å². The minimum Gasteiger partial charge on any atom is -0.462 e. The molecule has 112 valence electrons. The summed E-state index contributed by atoms with van der Waals surface area (Å²) in [4.78, 5) is 11.8. The van der Waals surface area contributed by atoms with Gasteiger partial charge in [0.05, 0.1) is 17.1 Å². The molecular weight excluding hydrogens is 346 g/mol. The van der Waals surface area contributed by atoms with Crippen molar-refractivity contribution in [3.05, 3.63) is 27.7 Å². The van der Waals surface area contributed by atoms with E-state index in [0.717, 1.165) is 19.3 Å². The number of unbranched alkanes of at least 4 members (excludes halogenated alkanes) is 2. The van der Waals surface area contributed by atoms with E-state index in [1.165, 1.54) is 6.07 Å². The van der Waals surface area contributed by atoms with Gasteiger partial charge >= 0.3 is 5.97 Å². The van der Waals surface area contributed by atoms with Gasteiger partial charge in [-0.25, -0.2) is 18.4 Å². The number of carbonyl (C=O) groups excluding carboxylic acids is 1. The van der Waals surface area contributed by atoms with Gasteiger partial charge in [0.25, 0.3) is 0 Å². The average molecular weight is 364 g/mol. The van der Waals surface area contributed by atoms with Gasteiger partial charge in [0, 0.05) is 4.47 Å². The van der Waals surface area contributed by atoms with Gasteiger partial charge in [-0.3, -0.25) is 0 Å². The van der Waals surface area contributed by atoms with Crippen LogP contribution in [0, 0.1) is 6.92 Å². The molecule has 0 saturated carbocycles. The van der Waals surface area contributed by atoms with Gasteiger partial charge in [0.1, 0.15) is 0 Å². The fourth-order valence-electron chi connectivity index (χ4n) is 1.66. The molecule has 0 aliphatic heterocycles. The van der Waals surface area contributed by atoms with Crippen LogP contribution in [0.1, 0.15) is 42.1 Å². The van der Waals surface area contributed by atoms with Gasteiger partial charge in [0.2, 0.25) is 10.0 Å². The Hall–Kier alpha value is -0.920. The second-order valence-corrected chi connectivity index (χ2v) is 6.82. The third kappa shape index (κ3) is 4.57. The topological polar surface area (TPSA) is 86.5 Å². The monoisotopic (exact) mass is 363 g/mol. The fourth-order valence-corrected chi connectivity index (χ4v) is 3.27. The van der Waals surface area contributed by atoms with Crippen molar-refractivity contribution in [2.45, 2.75) is 38.0 Å². The van der Waals surface area contributed by atoms with Crippen molar-refractivity contribution in [2.24, 2.45) is 5.14 Å². The van der Waals surface area contributed by atoms with E-state index in [9.17, 15) is 13.2 Å². The van der Waals surface area contributed by atoms with Crippen LogP contribution in [0.15, 0.2) is 21.5 Å². The third-order valence-corrected chi connectivity index (χ3v) is 4.99. The van der Waals surface area contributed by atoms with Crippen LogP contribution >= 0.6 is 15.9 Å². The largest absolute Gasteiger partial charge is 0.462 e. The highest BCUT2D eigenvalue weighted by Gasteiger charge is 2.19. The zero-order valence-electron chi connectivity index (χ0n) is 11.5. The van der Waals surface area contributed by atoms with Crippen molar-refractivity contribution < 1.29 is 17.9 Å². The molecule has 0 aliphatic carbocycles. The molecule has 0 aromatic heterocycles. The number of rotatable bonds is 6. The van der Waals surface area contributed by atoms with Crippen LogP contribution in [0.4, 0.5) is 0 Å². The number of benzene rings is 1. The van der Waals surface area contributed by atoms with E-state index in [2.05, 4.69) is 22.9 Å². The summed E-state index contributed by atoms with van der Waals surface area (Å²) in [7, 11) is -3.90. The highest BCUT2D eigenvalue weighted by Crippen LogP contribution is 2.26. The van der Waals surface area contributed by atoms with Crippen molar-refractivity contribution in [1.82, 2.24) is 0 Å². The average Bonchev–Trinajstić information content (AvgIpc) is 2.36. The van der Waals surface area contributed by atoms with E-state index in [4.69, 9.17) is 9.88 Å². The summed E-state index contributed by atoms with van der Waals surface area (Å²) in [5.74, 6) is -0.540. The van der Waals surface area contributed by atoms with Crippen LogP contribution in [0.2, 0.25) is 0 Å². The van der Waals surface area contributed by atoms with Crippen molar-refractivity contribution in [1.29, 1.82) is 0 Å². The van der Waals surface area contributed by atoms with Crippen molar-refractivity contribution in [2.75, 3.05) is 6.61 Å². The maximum absolute atomic E-state index is 11.9. The van der Waals surface area contributed by atoms with Gasteiger partial charge in [-0.15, -0.1) is 0 Å². The second-order valence-electron chi connectivity index (χ2n) is 4.49. The van der Waals surface area contributed by atoms with Crippen molar-refractivity contribution >= 4 is 31.9 Å². The molecule has 0 fully saturated rings. The van der Waals surface area contributed by atoms with Crippen molar-refractivity contribution in [3.63, 3.8) is 0 Å². The van der Waals surface area contributed by atoms with Crippen LogP contribution < -0.4 is 5.14 Å². The molecule has 5 nitrogen and oxygen atoms in total. The summed E-state index contributed by atoms with van der Waals surface area (Å²) in [6, 6.07) is 2.80. The summed E-state index contributed by atoms with van der Waals surface area (Å²) < 4.78 is 28.4. The zero-order chi connectivity index (χ0) is 15.3. The predicted molar refractivity (Wildman–Crippen MR) is 80.1 cm³/mol. The van der Waals surface area contributed by atoms with Gasteiger partial charge in [0.15, 0.2) is 0 Å². The van der Waals surface area contributed by atoms with Gasteiger partial charge in [-0.1, -0.05) is 19.8 Å². The normalized spacial score (nSPS) is 11.4. The van der Waals surface area contributed by atoms with E-state index in [-0.39, 0.29) is 10.5 Å². The lowest BCUT2D eigenvalue weighted by atomic mass is 10.1. The number of hydrogen-bond acceptors (Lipinski definition) is 4. The Bertz CT molecular complexity index is 599. The fraction of sp³-hybridized carbons (Fsp3) is 0.462. The number of halogens is 1. The molecule has 0 unspecified atom stereocenters. The molecule has 0 bridgehead atoms. The summed E-state index contributed by atoms with van der Waals surface area (Å²) >= 11 is 3.16. The van der Waals surface area contributed by atoms with Crippen LogP contribution in [-0.4, -0.2) is 21.0 Å². The molecule has 0 heterocycles. The first kappa shape index (κ1) is 17.1. The lowest BCUT2D eigenvalue weighted by Gasteiger charge is -2.09. The number of carbonyl (C=O) groups is 1. The zero-order valence-corrected chi connectivity index (χ0v) is 13.9. The molecule has 1 rings (SSSR count). The Labute approximate surface area is 127 Å². The standard InChI is InChI=1S/C13H18BrNO4S/c1-3-4-5-6-19-13(16)10-7-9(2)12(14)11(8-10)20(15,17)18/h7-8H,3-6H2,1-2H3,(H2,15,17,18). The lowest BCUT2D eigenvalue weighted by molar-refractivity contribution is 0.0497. The highest BCUT2D eigenvalue weighted by atomic mass is 79.9. The van der Waals surface area contributed by atoms with Crippen LogP contribution in [0.25, 0.3) is 0 Å². The van der Waals surface area contributed by atoms with E-state index >= 15 is 0 Å². The number of aryl methyl sites for hydroxylation is 1. The molecule has 0 saturated heterocycles. The van der Waals surface area contributed by atoms with E-state index < -0.39 is 16.0 Å². The van der Waals surface area contributed by atoms with Gasteiger partial charge in [-0.2, -0.15) is 0 Å². The number of hydrogen-bond donors (Lipinski definition) is 1. The SMILES string of the molecule is CCCCCOC(=O)c1cc(C)c(Br)c(S(N)(=O)=O)c1. The first-order chi connectivity index (χ1) is 9.27. The maximum atomic E-state index is 11.9. The van der Waals surface area contributed by atoms with Gasteiger partial charge < -0.3 is 4.74 Å². The second kappa shape index (κ2) is 7.19. The summed E-state index contributed by atoms with van der Waals surface area (Å²) in [6.07, 6.45) is 2.80. The lowest BCUT2D eigenvalue weighted by Crippen LogP contribution is -2.15. The Kier molecular flexibility index (Phi) is 6.16. The number of esters is 1. The predicted octanol–water partition coefficient (Wildman–Crippen LogP) is 2.75. The quantitative estimate of drug-likeness (QED) is 0.621. The number of sulfonamides is 1. The molecular formula is C13H18BrNO4S. The maximum Gasteiger partial charge on any atom is 0.338 e. The summed E-state index contributed by atoms with van der Waals surface area (Å²) in [5.41, 5.74) is 0.795. The van der Waals surface area contributed by atoms with Crippen molar-refractivity contribution in [3.8, 4) is 0 Å². The Morgan fingerprint density at radius 1 is 1.35 bits per heavy atom.